The van der Waals surface area contributed by atoms with Crippen LogP contribution in [0, 0.1) is 0 Å². The molecule has 0 aromatic carbocycles. The first kappa shape index (κ1) is 15.9. The van der Waals surface area contributed by atoms with Gasteiger partial charge in [0.2, 0.25) is 0 Å². The molecule has 20 heavy (non-hydrogen) atoms. The van der Waals surface area contributed by atoms with Crippen LogP contribution in [0.2, 0.25) is 13.5 Å². The first-order valence-electron chi connectivity index (χ1n) is 9.27. The van der Waals surface area contributed by atoms with Crippen LogP contribution < -0.4 is 0 Å². The van der Waals surface area contributed by atoms with Gasteiger partial charge in [-0.1, -0.05) is 0 Å². The van der Waals surface area contributed by atoms with E-state index >= 15 is 0 Å². The predicted molar refractivity (Wildman–Crippen MR) is 90.2 cm³/mol. The summed E-state index contributed by atoms with van der Waals surface area (Å²) in [6, 6.07) is 0. The molecule has 1 atom stereocenters. The number of hydrogen-bond donors (Lipinski definition) is 0. The SMILES string of the molecule is [PH2][Ru]([CH]1CCCCC1)([CH]1CCCCC1)[CH]1CCCCC1. The Morgan fingerprint density at radius 2 is 0.700 bits per heavy atom. The molecule has 120 valence electrons. The molecule has 3 aliphatic rings. The summed E-state index contributed by atoms with van der Waals surface area (Å²) in [4.78, 5) is 0. The summed E-state index contributed by atoms with van der Waals surface area (Å²) in [5.74, 6) is 0. The Morgan fingerprint density at radius 3 is 0.950 bits per heavy atom. The van der Waals surface area contributed by atoms with Crippen LogP contribution in [0.1, 0.15) is 96.3 Å². The van der Waals surface area contributed by atoms with Gasteiger partial charge >= 0.3 is 132 Å². The molecule has 3 fully saturated rings. The fourth-order valence-corrected chi connectivity index (χ4v) is 19.9. The van der Waals surface area contributed by atoms with Crippen LogP contribution in [-0.2, 0) is 14.3 Å². The van der Waals surface area contributed by atoms with Gasteiger partial charge in [-0.25, -0.2) is 0 Å². The van der Waals surface area contributed by atoms with Gasteiger partial charge in [-0.15, -0.1) is 0 Å². The summed E-state index contributed by atoms with van der Waals surface area (Å²) in [6.07, 6.45) is 23.6. The van der Waals surface area contributed by atoms with E-state index < -0.39 is 14.3 Å². The topological polar surface area (TPSA) is 0 Å². The molecule has 3 saturated carbocycles. The van der Waals surface area contributed by atoms with Crippen molar-refractivity contribution in [3.8, 4) is 0 Å². The molecule has 0 saturated heterocycles. The quantitative estimate of drug-likeness (QED) is 0.357. The van der Waals surface area contributed by atoms with Crippen molar-refractivity contribution in [3.05, 3.63) is 0 Å². The van der Waals surface area contributed by atoms with Crippen LogP contribution in [0.3, 0.4) is 0 Å². The van der Waals surface area contributed by atoms with Crippen molar-refractivity contribution in [2.75, 3.05) is 0 Å². The maximum atomic E-state index is 3.69. The molecule has 0 N–H and O–H groups in total. The van der Waals surface area contributed by atoms with Crippen molar-refractivity contribution in [1.82, 2.24) is 0 Å². The molecule has 0 spiro atoms. The van der Waals surface area contributed by atoms with E-state index in [2.05, 4.69) is 7.57 Å². The average Bonchev–Trinajstić information content (AvgIpc) is 2.56. The second kappa shape index (κ2) is 7.55. The van der Waals surface area contributed by atoms with Gasteiger partial charge in [-0.05, 0) is 0 Å². The second-order valence-electron chi connectivity index (χ2n) is 7.35. The summed E-state index contributed by atoms with van der Waals surface area (Å²) in [6.45, 7) is 0. The van der Waals surface area contributed by atoms with Gasteiger partial charge in [-0.2, -0.15) is 0 Å². The van der Waals surface area contributed by atoms with Crippen LogP contribution in [0.15, 0.2) is 0 Å². The third-order valence-electron chi connectivity index (χ3n) is 6.06. The van der Waals surface area contributed by atoms with E-state index in [1.807, 2.05) is 0 Å². The van der Waals surface area contributed by atoms with Gasteiger partial charge in [-0.3, -0.25) is 0 Å². The van der Waals surface area contributed by atoms with E-state index in [0.717, 1.165) is 0 Å². The van der Waals surface area contributed by atoms with Crippen LogP contribution in [0.5, 0.6) is 0 Å². The summed E-state index contributed by atoms with van der Waals surface area (Å²) in [5.41, 5.74) is 0. The molecule has 0 nitrogen and oxygen atoms in total. The van der Waals surface area contributed by atoms with Crippen molar-refractivity contribution in [2.45, 2.75) is 110 Å². The molecule has 0 aromatic rings. The Balaban J connectivity index is 1.79. The minimum absolute atomic E-state index is 1.20. The molecule has 1 unspecified atom stereocenters. The zero-order valence-corrected chi connectivity index (χ0v) is 16.2. The van der Waals surface area contributed by atoms with E-state index in [9.17, 15) is 0 Å². The van der Waals surface area contributed by atoms with E-state index in [0.29, 0.717) is 0 Å². The van der Waals surface area contributed by atoms with Gasteiger partial charge in [0.1, 0.15) is 0 Å². The molecule has 0 aromatic heterocycles. The van der Waals surface area contributed by atoms with Crippen LogP contribution in [-0.4, -0.2) is 0 Å². The Bertz CT molecular complexity index is 240. The zero-order chi connectivity index (χ0) is 13.8. The Morgan fingerprint density at radius 1 is 0.450 bits per heavy atom. The molecule has 0 aliphatic heterocycles. The first-order valence-corrected chi connectivity index (χ1v) is 15.7. The molecule has 2 heteroatoms. The molecule has 0 amide bonds. The van der Waals surface area contributed by atoms with Crippen molar-refractivity contribution < 1.29 is 14.3 Å². The summed E-state index contributed by atoms with van der Waals surface area (Å²) in [5, 5.41) is 0. The second-order valence-corrected chi connectivity index (χ2v) is 19.3. The number of rotatable bonds is 3. The standard InChI is InChI=1S/3C6H11.H2P.Ru/c3*1-2-4-6-5-3-1;;/h3*1H,2-6H2;1H2;/q;;;-1;+1. The first-order chi connectivity index (χ1) is 9.82. The third-order valence-corrected chi connectivity index (χ3v) is 22.4. The molecule has 0 bridgehead atoms. The predicted octanol–water partition coefficient (Wildman–Crippen LogP) is 7.19. The summed E-state index contributed by atoms with van der Waals surface area (Å²) < 4.78 is 3.61. The zero-order valence-electron chi connectivity index (χ0n) is 13.3. The molecular formula is C18H35PRu. The van der Waals surface area contributed by atoms with Gasteiger partial charge in [0.05, 0.1) is 0 Å². The van der Waals surface area contributed by atoms with E-state index in [4.69, 9.17) is 0 Å². The minimum atomic E-state index is -1.52. The van der Waals surface area contributed by atoms with Crippen molar-refractivity contribution >= 4 is 7.57 Å². The third kappa shape index (κ3) is 3.35. The average molecular weight is 384 g/mol. The van der Waals surface area contributed by atoms with E-state index in [1.54, 1.807) is 77.0 Å². The van der Waals surface area contributed by atoms with E-state index in [-0.39, 0.29) is 0 Å². The van der Waals surface area contributed by atoms with Gasteiger partial charge in [0, 0.05) is 0 Å². The van der Waals surface area contributed by atoms with Crippen LogP contribution in [0.25, 0.3) is 0 Å². The van der Waals surface area contributed by atoms with Gasteiger partial charge in [0.15, 0.2) is 0 Å². The van der Waals surface area contributed by atoms with E-state index in [1.165, 1.54) is 32.8 Å². The molecule has 3 rings (SSSR count). The normalized spacial score (nSPS) is 29.4. The summed E-state index contributed by atoms with van der Waals surface area (Å²) >= 11 is -1.52. The van der Waals surface area contributed by atoms with Crippen molar-refractivity contribution in [1.29, 1.82) is 0 Å². The Hall–Kier alpha value is 1.05. The monoisotopic (exact) mass is 384 g/mol. The fraction of sp³-hybridized carbons (Fsp3) is 1.00. The van der Waals surface area contributed by atoms with Crippen molar-refractivity contribution in [2.24, 2.45) is 0 Å². The number of hydrogen-bond acceptors (Lipinski definition) is 0. The Kier molecular flexibility index (Phi) is 6.01. The fourth-order valence-electron chi connectivity index (χ4n) is 4.90. The van der Waals surface area contributed by atoms with Gasteiger partial charge in [0.25, 0.3) is 0 Å². The molecule has 3 aliphatic carbocycles. The Labute approximate surface area is 131 Å². The maximum absolute atomic E-state index is 3.69. The van der Waals surface area contributed by atoms with Crippen LogP contribution >= 0.6 is 7.57 Å². The molecular weight excluding hydrogens is 348 g/mol. The van der Waals surface area contributed by atoms with Crippen LogP contribution in [0.4, 0.5) is 0 Å². The van der Waals surface area contributed by atoms with Crippen molar-refractivity contribution in [3.63, 3.8) is 0 Å². The molecule has 0 heterocycles. The molecule has 0 radical (unpaired) electrons. The van der Waals surface area contributed by atoms with Gasteiger partial charge < -0.3 is 0 Å². The summed E-state index contributed by atoms with van der Waals surface area (Å²) in [7, 11) is 3.69.